The Kier molecular flexibility index (Phi) is 6.37. The van der Waals surface area contributed by atoms with Crippen molar-refractivity contribution in [1.29, 1.82) is 0 Å². The summed E-state index contributed by atoms with van der Waals surface area (Å²) in [4.78, 5) is 7.25. The van der Waals surface area contributed by atoms with Crippen molar-refractivity contribution >= 4 is 0 Å². The number of hydrogen-bond acceptors (Lipinski definition) is 4. The third-order valence-corrected chi connectivity index (χ3v) is 5.94. The highest BCUT2D eigenvalue weighted by molar-refractivity contribution is 5.19. The molecule has 2 aromatic carbocycles. The number of aryl methyl sites for hydroxylation is 1. The summed E-state index contributed by atoms with van der Waals surface area (Å²) < 4.78 is 2.16. The predicted molar refractivity (Wildman–Crippen MR) is 117 cm³/mol. The lowest BCUT2D eigenvalue weighted by atomic mass is 10.0. The van der Waals surface area contributed by atoms with E-state index in [0.29, 0.717) is 6.04 Å². The van der Waals surface area contributed by atoms with Crippen molar-refractivity contribution in [2.45, 2.75) is 44.7 Å². The number of likely N-dealkylation sites (tertiary alicyclic amines) is 1. The number of nitrogens with zero attached hydrogens (tertiary/aromatic N) is 4. The smallest absolute Gasteiger partial charge is 0.155 e. The van der Waals surface area contributed by atoms with Crippen molar-refractivity contribution in [1.82, 2.24) is 19.7 Å². The number of rotatable bonds is 7. The van der Waals surface area contributed by atoms with Crippen LogP contribution in [-0.2, 0) is 6.42 Å². The van der Waals surface area contributed by atoms with Crippen LogP contribution in [0, 0.1) is 6.92 Å². The summed E-state index contributed by atoms with van der Waals surface area (Å²) in [5.41, 5.74) is 8.85. The highest BCUT2D eigenvalue weighted by atomic mass is 15.4. The van der Waals surface area contributed by atoms with Gasteiger partial charge in [0.1, 0.15) is 5.82 Å². The zero-order valence-electron chi connectivity index (χ0n) is 17.2. The van der Waals surface area contributed by atoms with Crippen LogP contribution in [0.1, 0.15) is 54.1 Å². The van der Waals surface area contributed by atoms with Crippen LogP contribution in [0.3, 0.4) is 0 Å². The minimum Gasteiger partial charge on any atom is -0.324 e. The van der Waals surface area contributed by atoms with Gasteiger partial charge in [0.25, 0.3) is 0 Å². The van der Waals surface area contributed by atoms with E-state index in [4.69, 9.17) is 15.8 Å². The molecule has 0 spiro atoms. The first kappa shape index (κ1) is 19.8. The summed E-state index contributed by atoms with van der Waals surface area (Å²) in [5.74, 6) is 1.95. The Bertz CT molecular complexity index is 882. The molecular weight excluding hydrogens is 358 g/mol. The number of benzene rings is 2. The average Bonchev–Trinajstić information content (AvgIpc) is 3.13. The molecule has 1 aromatic heterocycles. The molecule has 1 aliphatic rings. The van der Waals surface area contributed by atoms with Crippen molar-refractivity contribution in [3.8, 4) is 0 Å². The van der Waals surface area contributed by atoms with Crippen LogP contribution in [-0.4, -0.2) is 39.3 Å². The van der Waals surface area contributed by atoms with Gasteiger partial charge in [0.2, 0.25) is 0 Å². The second-order valence-electron chi connectivity index (χ2n) is 8.06. The topological polar surface area (TPSA) is 60.0 Å². The molecule has 0 radical (unpaired) electrons. The van der Waals surface area contributed by atoms with Crippen molar-refractivity contribution in [3.05, 3.63) is 83.4 Å². The van der Waals surface area contributed by atoms with Crippen molar-refractivity contribution < 1.29 is 0 Å². The SMILES string of the molecule is Cc1nc(Cc2ccccc2)nn1C1CCN(CC[C@H](N)c2ccccc2)CC1. The first-order valence-electron chi connectivity index (χ1n) is 10.7. The number of piperidine rings is 1. The lowest BCUT2D eigenvalue weighted by Crippen LogP contribution is -2.36. The Morgan fingerprint density at radius 2 is 1.66 bits per heavy atom. The minimum absolute atomic E-state index is 0.118. The molecule has 1 saturated heterocycles. The molecule has 152 valence electrons. The molecule has 2 heterocycles. The average molecular weight is 390 g/mol. The van der Waals surface area contributed by atoms with Gasteiger partial charge in [-0.25, -0.2) is 9.67 Å². The number of nitrogens with two attached hydrogens (primary N) is 1. The number of aromatic nitrogens is 3. The maximum atomic E-state index is 6.37. The molecule has 5 heteroatoms. The van der Waals surface area contributed by atoms with Gasteiger partial charge < -0.3 is 10.6 Å². The third-order valence-electron chi connectivity index (χ3n) is 5.94. The van der Waals surface area contributed by atoms with Crippen LogP contribution in [0.25, 0.3) is 0 Å². The second kappa shape index (κ2) is 9.33. The highest BCUT2D eigenvalue weighted by Crippen LogP contribution is 2.24. The van der Waals surface area contributed by atoms with Gasteiger partial charge >= 0.3 is 0 Å². The Morgan fingerprint density at radius 3 is 2.34 bits per heavy atom. The summed E-state index contributed by atoms with van der Waals surface area (Å²) in [6.07, 6.45) is 4.04. The molecule has 1 atom stereocenters. The van der Waals surface area contributed by atoms with Crippen LogP contribution in [0.2, 0.25) is 0 Å². The van der Waals surface area contributed by atoms with Gasteiger partial charge in [-0.15, -0.1) is 0 Å². The molecule has 0 bridgehead atoms. The molecule has 0 saturated carbocycles. The van der Waals surface area contributed by atoms with E-state index in [9.17, 15) is 0 Å². The minimum atomic E-state index is 0.118. The van der Waals surface area contributed by atoms with Crippen LogP contribution in [0.5, 0.6) is 0 Å². The van der Waals surface area contributed by atoms with E-state index in [-0.39, 0.29) is 6.04 Å². The van der Waals surface area contributed by atoms with E-state index in [0.717, 1.165) is 57.0 Å². The molecule has 5 nitrogen and oxygen atoms in total. The quantitative estimate of drug-likeness (QED) is 0.666. The lowest BCUT2D eigenvalue weighted by molar-refractivity contribution is 0.173. The summed E-state index contributed by atoms with van der Waals surface area (Å²) in [7, 11) is 0. The molecule has 29 heavy (non-hydrogen) atoms. The van der Waals surface area contributed by atoms with Crippen molar-refractivity contribution in [2.24, 2.45) is 5.73 Å². The monoisotopic (exact) mass is 389 g/mol. The summed E-state index contributed by atoms with van der Waals surface area (Å²) in [5, 5.41) is 4.83. The van der Waals surface area contributed by atoms with Crippen LogP contribution < -0.4 is 5.73 Å². The Morgan fingerprint density at radius 1 is 1.00 bits per heavy atom. The molecular formula is C24H31N5. The van der Waals surface area contributed by atoms with Gasteiger partial charge in [-0.05, 0) is 43.9 Å². The van der Waals surface area contributed by atoms with Gasteiger partial charge in [0, 0.05) is 25.6 Å². The normalized spacial score (nSPS) is 16.8. The highest BCUT2D eigenvalue weighted by Gasteiger charge is 2.23. The van der Waals surface area contributed by atoms with E-state index in [1.165, 1.54) is 11.1 Å². The van der Waals surface area contributed by atoms with E-state index >= 15 is 0 Å². The molecule has 4 rings (SSSR count). The molecule has 3 aromatic rings. The van der Waals surface area contributed by atoms with Crippen LogP contribution in [0.4, 0.5) is 0 Å². The first-order chi connectivity index (χ1) is 14.2. The van der Waals surface area contributed by atoms with Gasteiger partial charge in [0.05, 0.1) is 6.04 Å². The Balaban J connectivity index is 1.28. The Hall–Kier alpha value is -2.50. The molecule has 0 aliphatic carbocycles. The van der Waals surface area contributed by atoms with E-state index < -0.39 is 0 Å². The maximum Gasteiger partial charge on any atom is 0.155 e. The largest absolute Gasteiger partial charge is 0.324 e. The summed E-state index contributed by atoms with van der Waals surface area (Å²) in [6, 6.07) is 21.4. The van der Waals surface area contributed by atoms with E-state index in [1.807, 2.05) is 12.1 Å². The van der Waals surface area contributed by atoms with Crippen LogP contribution in [0.15, 0.2) is 60.7 Å². The zero-order valence-corrected chi connectivity index (χ0v) is 17.2. The van der Waals surface area contributed by atoms with Crippen molar-refractivity contribution in [3.63, 3.8) is 0 Å². The Labute approximate surface area is 173 Å². The van der Waals surface area contributed by atoms with Gasteiger partial charge in [0.15, 0.2) is 5.82 Å². The fraction of sp³-hybridized carbons (Fsp3) is 0.417. The van der Waals surface area contributed by atoms with Gasteiger partial charge in [-0.2, -0.15) is 5.10 Å². The molecule has 1 aliphatic heterocycles. The summed E-state index contributed by atoms with van der Waals surface area (Å²) >= 11 is 0. The summed E-state index contributed by atoms with van der Waals surface area (Å²) in [6.45, 7) is 5.32. The fourth-order valence-electron chi connectivity index (χ4n) is 4.23. The lowest BCUT2D eigenvalue weighted by Gasteiger charge is -2.32. The van der Waals surface area contributed by atoms with Gasteiger partial charge in [-0.3, -0.25) is 0 Å². The molecule has 2 N–H and O–H groups in total. The fourth-order valence-corrected chi connectivity index (χ4v) is 4.23. The van der Waals surface area contributed by atoms with Crippen LogP contribution >= 0.6 is 0 Å². The third kappa shape index (κ3) is 5.11. The van der Waals surface area contributed by atoms with E-state index in [1.54, 1.807) is 0 Å². The van der Waals surface area contributed by atoms with E-state index in [2.05, 4.69) is 65.0 Å². The second-order valence-corrected chi connectivity index (χ2v) is 8.06. The molecule has 0 unspecified atom stereocenters. The first-order valence-corrected chi connectivity index (χ1v) is 10.7. The molecule has 0 amide bonds. The van der Waals surface area contributed by atoms with Gasteiger partial charge in [-0.1, -0.05) is 60.7 Å². The zero-order chi connectivity index (χ0) is 20.1. The predicted octanol–water partition coefficient (Wildman–Crippen LogP) is 3.90. The standard InChI is InChI=1S/C24H31N5/c1-19-26-24(18-20-8-4-2-5-9-20)27-29(19)22-12-15-28(16-13-22)17-14-23(25)21-10-6-3-7-11-21/h2-11,22-23H,12-18,25H2,1H3/t23-/m0/s1. The maximum absolute atomic E-state index is 6.37. The molecule has 1 fully saturated rings. The van der Waals surface area contributed by atoms with Crippen molar-refractivity contribution in [2.75, 3.05) is 19.6 Å². The number of hydrogen-bond donors (Lipinski definition) is 1.